The Balaban J connectivity index is 1.88. The van der Waals surface area contributed by atoms with Crippen molar-refractivity contribution in [2.45, 2.75) is 19.4 Å². The second kappa shape index (κ2) is 5.84. The van der Waals surface area contributed by atoms with E-state index in [1.165, 1.54) is 5.56 Å². The molecular weight excluding hydrogens is 230 g/mol. The summed E-state index contributed by atoms with van der Waals surface area (Å²) in [5.41, 5.74) is 8.28. The van der Waals surface area contributed by atoms with Gasteiger partial charge in [0.2, 0.25) is 0 Å². The van der Waals surface area contributed by atoms with Gasteiger partial charge in [0.15, 0.2) is 0 Å². The Hall–Kier alpha value is -1.32. The van der Waals surface area contributed by atoms with Crippen molar-refractivity contribution in [3.63, 3.8) is 0 Å². The molecule has 2 aromatic rings. The molecule has 0 spiro atoms. The monoisotopic (exact) mass is 247 g/mol. The molecule has 0 saturated heterocycles. The van der Waals surface area contributed by atoms with Crippen LogP contribution >= 0.6 is 11.3 Å². The first-order chi connectivity index (χ1) is 8.25. The minimum atomic E-state index is 0.0513. The van der Waals surface area contributed by atoms with Crippen LogP contribution in [0.25, 0.3) is 0 Å². The van der Waals surface area contributed by atoms with Crippen LogP contribution in [0.5, 0.6) is 5.75 Å². The SMILES string of the molecule is CC(N)c1cccc(OCCc2ccsc2)c1. The van der Waals surface area contributed by atoms with Crippen LogP contribution in [0.4, 0.5) is 0 Å². The fourth-order valence-electron chi connectivity index (χ4n) is 1.61. The van der Waals surface area contributed by atoms with Gasteiger partial charge in [-0.25, -0.2) is 0 Å². The first-order valence-corrected chi connectivity index (χ1v) is 6.69. The normalized spacial score (nSPS) is 12.4. The van der Waals surface area contributed by atoms with Gasteiger partial charge in [0, 0.05) is 12.5 Å². The molecule has 0 radical (unpaired) electrons. The fraction of sp³-hybridized carbons (Fsp3) is 0.286. The first-order valence-electron chi connectivity index (χ1n) is 5.75. The third-order valence-corrected chi connectivity index (χ3v) is 3.36. The molecular formula is C14H17NOS. The zero-order chi connectivity index (χ0) is 12.1. The molecule has 2 nitrogen and oxygen atoms in total. The van der Waals surface area contributed by atoms with Gasteiger partial charge in [0.1, 0.15) is 5.75 Å². The standard InChI is InChI=1S/C14H17NOS/c1-11(15)13-3-2-4-14(9-13)16-7-5-12-6-8-17-10-12/h2-4,6,8-11H,5,7,15H2,1H3. The Morgan fingerprint density at radius 1 is 1.35 bits per heavy atom. The predicted octanol–water partition coefficient (Wildman–Crippen LogP) is 3.39. The summed E-state index contributed by atoms with van der Waals surface area (Å²) in [6.45, 7) is 2.68. The van der Waals surface area contributed by atoms with Crippen LogP contribution in [-0.2, 0) is 6.42 Å². The van der Waals surface area contributed by atoms with E-state index in [1.54, 1.807) is 11.3 Å². The lowest BCUT2D eigenvalue weighted by molar-refractivity contribution is 0.321. The van der Waals surface area contributed by atoms with E-state index in [9.17, 15) is 0 Å². The summed E-state index contributed by atoms with van der Waals surface area (Å²) in [4.78, 5) is 0. The molecule has 1 atom stereocenters. The molecule has 1 aromatic heterocycles. The van der Waals surface area contributed by atoms with Crippen molar-refractivity contribution in [2.24, 2.45) is 5.73 Å². The van der Waals surface area contributed by atoms with Gasteiger partial charge < -0.3 is 10.5 Å². The van der Waals surface area contributed by atoms with E-state index in [4.69, 9.17) is 10.5 Å². The van der Waals surface area contributed by atoms with Gasteiger partial charge >= 0.3 is 0 Å². The lowest BCUT2D eigenvalue weighted by atomic mass is 10.1. The minimum Gasteiger partial charge on any atom is -0.493 e. The van der Waals surface area contributed by atoms with Crippen molar-refractivity contribution in [2.75, 3.05) is 6.61 Å². The van der Waals surface area contributed by atoms with Crippen molar-refractivity contribution in [3.8, 4) is 5.75 Å². The van der Waals surface area contributed by atoms with E-state index in [-0.39, 0.29) is 6.04 Å². The number of rotatable bonds is 5. The fourth-order valence-corrected chi connectivity index (χ4v) is 2.31. The quantitative estimate of drug-likeness (QED) is 0.879. The smallest absolute Gasteiger partial charge is 0.119 e. The Morgan fingerprint density at radius 2 is 2.24 bits per heavy atom. The zero-order valence-electron chi connectivity index (χ0n) is 9.93. The molecule has 0 aliphatic rings. The summed E-state index contributed by atoms with van der Waals surface area (Å²) in [7, 11) is 0. The maximum Gasteiger partial charge on any atom is 0.119 e. The molecule has 17 heavy (non-hydrogen) atoms. The molecule has 0 aliphatic heterocycles. The predicted molar refractivity (Wildman–Crippen MR) is 72.6 cm³/mol. The molecule has 0 aliphatic carbocycles. The average Bonchev–Trinajstić information content (AvgIpc) is 2.82. The summed E-state index contributed by atoms with van der Waals surface area (Å²) in [5, 5.41) is 4.24. The Morgan fingerprint density at radius 3 is 2.94 bits per heavy atom. The molecule has 3 heteroatoms. The number of thiophene rings is 1. The molecule has 1 aromatic carbocycles. The van der Waals surface area contributed by atoms with Crippen LogP contribution in [0.3, 0.4) is 0 Å². The molecule has 2 N–H and O–H groups in total. The highest BCUT2D eigenvalue weighted by Crippen LogP contribution is 2.18. The largest absolute Gasteiger partial charge is 0.493 e. The number of hydrogen-bond donors (Lipinski definition) is 1. The molecule has 2 rings (SSSR count). The molecule has 0 saturated carbocycles. The van der Waals surface area contributed by atoms with E-state index in [2.05, 4.69) is 16.8 Å². The van der Waals surface area contributed by atoms with Gasteiger partial charge in [-0.15, -0.1) is 0 Å². The highest BCUT2D eigenvalue weighted by molar-refractivity contribution is 7.07. The first kappa shape index (κ1) is 12.1. The van der Waals surface area contributed by atoms with Crippen LogP contribution in [0.15, 0.2) is 41.1 Å². The van der Waals surface area contributed by atoms with Crippen molar-refractivity contribution >= 4 is 11.3 Å². The lowest BCUT2D eigenvalue weighted by Gasteiger charge is -2.09. The van der Waals surface area contributed by atoms with Crippen molar-refractivity contribution in [3.05, 3.63) is 52.2 Å². The maximum atomic E-state index is 5.83. The Bertz CT molecular complexity index is 451. The molecule has 1 heterocycles. The van der Waals surface area contributed by atoms with E-state index in [0.717, 1.165) is 17.7 Å². The maximum absolute atomic E-state index is 5.83. The third-order valence-electron chi connectivity index (χ3n) is 2.62. The second-order valence-electron chi connectivity index (χ2n) is 4.09. The topological polar surface area (TPSA) is 35.2 Å². The van der Waals surface area contributed by atoms with Gasteiger partial charge in [-0.3, -0.25) is 0 Å². The lowest BCUT2D eigenvalue weighted by Crippen LogP contribution is -2.06. The number of hydrogen-bond acceptors (Lipinski definition) is 3. The summed E-state index contributed by atoms with van der Waals surface area (Å²) in [5.74, 6) is 0.898. The molecule has 1 unspecified atom stereocenters. The third kappa shape index (κ3) is 3.58. The average molecular weight is 247 g/mol. The van der Waals surface area contributed by atoms with Gasteiger partial charge in [-0.05, 0) is 47.0 Å². The van der Waals surface area contributed by atoms with E-state index >= 15 is 0 Å². The van der Waals surface area contributed by atoms with Gasteiger partial charge in [0.25, 0.3) is 0 Å². The van der Waals surface area contributed by atoms with E-state index < -0.39 is 0 Å². The zero-order valence-corrected chi connectivity index (χ0v) is 10.7. The molecule has 90 valence electrons. The van der Waals surface area contributed by atoms with Gasteiger partial charge in [0.05, 0.1) is 6.61 Å². The number of nitrogens with two attached hydrogens (primary N) is 1. The van der Waals surface area contributed by atoms with Crippen molar-refractivity contribution in [1.82, 2.24) is 0 Å². The van der Waals surface area contributed by atoms with Gasteiger partial charge in [-0.2, -0.15) is 11.3 Å². The van der Waals surface area contributed by atoms with Crippen LogP contribution in [0.1, 0.15) is 24.1 Å². The number of ether oxygens (including phenoxy) is 1. The summed E-state index contributed by atoms with van der Waals surface area (Å²) in [6.07, 6.45) is 0.950. The van der Waals surface area contributed by atoms with Crippen LogP contribution in [0.2, 0.25) is 0 Å². The van der Waals surface area contributed by atoms with E-state index in [1.807, 2.05) is 31.2 Å². The highest BCUT2D eigenvalue weighted by Gasteiger charge is 2.01. The number of benzene rings is 1. The molecule has 0 fully saturated rings. The van der Waals surface area contributed by atoms with Gasteiger partial charge in [-0.1, -0.05) is 12.1 Å². The highest BCUT2D eigenvalue weighted by atomic mass is 32.1. The van der Waals surface area contributed by atoms with E-state index in [0.29, 0.717) is 6.61 Å². The second-order valence-corrected chi connectivity index (χ2v) is 4.87. The summed E-state index contributed by atoms with van der Waals surface area (Å²) < 4.78 is 5.72. The van der Waals surface area contributed by atoms with Crippen LogP contribution in [-0.4, -0.2) is 6.61 Å². The summed E-state index contributed by atoms with van der Waals surface area (Å²) >= 11 is 1.72. The van der Waals surface area contributed by atoms with Crippen molar-refractivity contribution < 1.29 is 4.74 Å². The van der Waals surface area contributed by atoms with Crippen molar-refractivity contribution in [1.29, 1.82) is 0 Å². The van der Waals surface area contributed by atoms with Crippen LogP contribution < -0.4 is 10.5 Å². The molecule has 0 bridgehead atoms. The minimum absolute atomic E-state index is 0.0513. The van der Waals surface area contributed by atoms with Crippen LogP contribution in [0, 0.1) is 0 Å². The Kier molecular flexibility index (Phi) is 4.18. The Labute approximate surface area is 106 Å². The summed E-state index contributed by atoms with van der Waals surface area (Å²) in [6, 6.07) is 10.2. The molecule has 0 amide bonds.